The van der Waals surface area contributed by atoms with E-state index in [1.165, 1.54) is 24.3 Å². The van der Waals surface area contributed by atoms with Crippen molar-refractivity contribution in [1.29, 1.82) is 0 Å². The summed E-state index contributed by atoms with van der Waals surface area (Å²) in [5.74, 6) is -0.412. The van der Waals surface area contributed by atoms with Gasteiger partial charge in [0.25, 0.3) is 0 Å². The lowest BCUT2D eigenvalue weighted by Crippen LogP contribution is -2.46. The van der Waals surface area contributed by atoms with E-state index in [-0.39, 0.29) is 11.7 Å². The van der Waals surface area contributed by atoms with Gasteiger partial charge in [0, 0.05) is 44.8 Å². The van der Waals surface area contributed by atoms with Gasteiger partial charge in [-0.25, -0.2) is 4.39 Å². The summed E-state index contributed by atoms with van der Waals surface area (Å²) in [4.78, 5) is 26.2. The Morgan fingerprint density at radius 1 is 1.20 bits per heavy atom. The number of carbonyl (C=O) groups excluding carboxylic acids is 2. The third-order valence-electron chi connectivity index (χ3n) is 3.34. The highest BCUT2D eigenvalue weighted by Gasteiger charge is 2.15. The van der Waals surface area contributed by atoms with E-state index in [0.717, 1.165) is 19.5 Å². The third kappa shape index (κ3) is 4.31. The minimum atomic E-state index is -0.323. The van der Waals surface area contributed by atoms with Gasteiger partial charge < -0.3 is 10.2 Å². The zero-order chi connectivity index (χ0) is 14.4. The van der Waals surface area contributed by atoms with Crippen molar-refractivity contribution < 1.29 is 14.0 Å². The maximum absolute atomic E-state index is 12.7. The molecule has 2 amide bonds. The summed E-state index contributed by atoms with van der Waals surface area (Å²) < 4.78 is 12.7. The van der Waals surface area contributed by atoms with Crippen LogP contribution in [0.3, 0.4) is 0 Å². The maximum atomic E-state index is 12.7. The van der Waals surface area contributed by atoms with Crippen molar-refractivity contribution in [2.45, 2.75) is 6.42 Å². The topological polar surface area (TPSA) is 52.7 Å². The van der Waals surface area contributed by atoms with Gasteiger partial charge in [-0.1, -0.05) is 0 Å². The number of hydrogen-bond acceptors (Lipinski definition) is 3. The molecular weight excluding hydrogens is 261 g/mol. The lowest BCUT2D eigenvalue weighted by Gasteiger charge is -2.32. The molecule has 0 atom stereocenters. The molecule has 1 heterocycles. The molecule has 2 rings (SSSR count). The lowest BCUT2D eigenvalue weighted by atomic mass is 10.2. The predicted molar refractivity (Wildman–Crippen MR) is 73.7 cm³/mol. The van der Waals surface area contributed by atoms with Gasteiger partial charge in [-0.15, -0.1) is 0 Å². The molecule has 0 aromatic heterocycles. The van der Waals surface area contributed by atoms with Gasteiger partial charge in [-0.05, 0) is 24.3 Å². The summed E-state index contributed by atoms with van der Waals surface area (Å²) in [7, 11) is 0. The molecule has 0 saturated carbocycles. The van der Waals surface area contributed by atoms with Crippen LogP contribution in [0.2, 0.25) is 0 Å². The lowest BCUT2D eigenvalue weighted by molar-refractivity contribution is -0.120. The maximum Gasteiger partial charge on any atom is 0.225 e. The molecule has 108 valence electrons. The highest BCUT2D eigenvalue weighted by molar-refractivity contribution is 5.90. The average molecular weight is 279 g/mol. The number of benzene rings is 1. The fourth-order valence-corrected chi connectivity index (χ4v) is 2.11. The Balaban J connectivity index is 1.70. The van der Waals surface area contributed by atoms with Crippen molar-refractivity contribution >= 4 is 18.0 Å². The standard InChI is InChI=1S/C14H18FN3O2/c15-12-1-3-13(4-2-12)16-14(20)5-6-17-7-9-18(11-19)10-8-17/h1-4,11H,5-10H2,(H,16,20). The Morgan fingerprint density at radius 3 is 2.45 bits per heavy atom. The summed E-state index contributed by atoms with van der Waals surface area (Å²) in [6.45, 7) is 3.68. The first kappa shape index (κ1) is 14.5. The molecule has 1 aliphatic rings. The second kappa shape index (κ2) is 7.00. The van der Waals surface area contributed by atoms with Crippen LogP contribution in [0.15, 0.2) is 24.3 Å². The van der Waals surface area contributed by atoms with Crippen LogP contribution >= 0.6 is 0 Å². The quantitative estimate of drug-likeness (QED) is 0.816. The molecule has 6 heteroatoms. The van der Waals surface area contributed by atoms with E-state index in [4.69, 9.17) is 0 Å². The van der Waals surface area contributed by atoms with Crippen LogP contribution in [0.1, 0.15) is 6.42 Å². The molecule has 1 saturated heterocycles. The Bertz CT molecular complexity index is 456. The molecule has 20 heavy (non-hydrogen) atoms. The average Bonchev–Trinajstić information content (AvgIpc) is 2.48. The molecule has 0 bridgehead atoms. The summed E-state index contributed by atoms with van der Waals surface area (Å²) in [5, 5.41) is 2.73. The van der Waals surface area contributed by atoms with Gasteiger partial charge in [-0.3, -0.25) is 14.5 Å². The molecule has 1 aliphatic heterocycles. The van der Waals surface area contributed by atoms with Crippen LogP contribution in [-0.2, 0) is 9.59 Å². The fraction of sp³-hybridized carbons (Fsp3) is 0.429. The largest absolute Gasteiger partial charge is 0.343 e. The molecule has 1 aromatic carbocycles. The van der Waals surface area contributed by atoms with Gasteiger partial charge in [0.2, 0.25) is 12.3 Å². The molecule has 0 radical (unpaired) electrons. The van der Waals surface area contributed by atoms with Crippen molar-refractivity contribution in [3.63, 3.8) is 0 Å². The van der Waals surface area contributed by atoms with Crippen LogP contribution < -0.4 is 5.32 Å². The number of anilines is 1. The molecule has 1 fully saturated rings. The number of piperazine rings is 1. The normalized spacial score (nSPS) is 15.9. The molecule has 5 nitrogen and oxygen atoms in total. The zero-order valence-corrected chi connectivity index (χ0v) is 11.2. The van der Waals surface area contributed by atoms with Crippen molar-refractivity contribution in [3.05, 3.63) is 30.1 Å². The number of nitrogens with one attached hydrogen (secondary N) is 1. The van der Waals surface area contributed by atoms with E-state index in [2.05, 4.69) is 10.2 Å². The molecule has 1 aromatic rings. The highest BCUT2D eigenvalue weighted by atomic mass is 19.1. The number of hydrogen-bond donors (Lipinski definition) is 1. The first-order chi connectivity index (χ1) is 9.67. The minimum Gasteiger partial charge on any atom is -0.343 e. The van der Waals surface area contributed by atoms with Crippen LogP contribution in [0.5, 0.6) is 0 Å². The number of carbonyl (C=O) groups is 2. The molecule has 0 unspecified atom stereocenters. The Labute approximate surface area is 117 Å². The second-order valence-electron chi connectivity index (χ2n) is 4.79. The monoisotopic (exact) mass is 279 g/mol. The van der Waals surface area contributed by atoms with Gasteiger partial charge in [0.15, 0.2) is 0 Å². The molecular formula is C14H18FN3O2. The molecule has 0 spiro atoms. The highest BCUT2D eigenvalue weighted by Crippen LogP contribution is 2.09. The Kier molecular flexibility index (Phi) is 5.06. The summed E-state index contributed by atoms with van der Waals surface area (Å²) in [5.41, 5.74) is 0.599. The first-order valence-corrected chi connectivity index (χ1v) is 6.64. The van der Waals surface area contributed by atoms with Crippen LogP contribution in [0, 0.1) is 5.82 Å². The minimum absolute atomic E-state index is 0.0885. The first-order valence-electron chi connectivity index (χ1n) is 6.64. The molecule has 1 N–H and O–H groups in total. The fourth-order valence-electron chi connectivity index (χ4n) is 2.11. The van der Waals surface area contributed by atoms with Crippen molar-refractivity contribution in [1.82, 2.24) is 9.80 Å². The van der Waals surface area contributed by atoms with Gasteiger partial charge in [0.05, 0.1) is 0 Å². The number of rotatable bonds is 5. The Hall–Kier alpha value is -1.95. The van der Waals surface area contributed by atoms with Crippen LogP contribution in [0.25, 0.3) is 0 Å². The van der Waals surface area contributed by atoms with Crippen LogP contribution in [0.4, 0.5) is 10.1 Å². The predicted octanol–water partition coefficient (Wildman–Crippen LogP) is 0.928. The van der Waals surface area contributed by atoms with E-state index in [9.17, 15) is 14.0 Å². The summed E-state index contributed by atoms with van der Waals surface area (Å²) in [6, 6.07) is 5.70. The third-order valence-corrected chi connectivity index (χ3v) is 3.34. The summed E-state index contributed by atoms with van der Waals surface area (Å²) >= 11 is 0. The van der Waals surface area contributed by atoms with E-state index >= 15 is 0 Å². The number of amides is 2. The zero-order valence-electron chi connectivity index (χ0n) is 11.2. The summed E-state index contributed by atoms with van der Waals surface area (Å²) in [6.07, 6.45) is 1.25. The van der Waals surface area contributed by atoms with E-state index in [1.54, 1.807) is 4.90 Å². The van der Waals surface area contributed by atoms with Gasteiger partial charge in [0.1, 0.15) is 5.82 Å². The Morgan fingerprint density at radius 2 is 1.85 bits per heavy atom. The molecule has 0 aliphatic carbocycles. The number of halogens is 1. The van der Waals surface area contributed by atoms with Gasteiger partial charge in [-0.2, -0.15) is 0 Å². The number of nitrogens with zero attached hydrogens (tertiary/aromatic N) is 2. The van der Waals surface area contributed by atoms with Crippen molar-refractivity contribution in [2.75, 3.05) is 38.0 Å². The van der Waals surface area contributed by atoms with E-state index in [0.29, 0.717) is 31.7 Å². The van der Waals surface area contributed by atoms with E-state index < -0.39 is 0 Å². The second-order valence-corrected chi connectivity index (χ2v) is 4.79. The van der Waals surface area contributed by atoms with Crippen molar-refractivity contribution in [3.8, 4) is 0 Å². The van der Waals surface area contributed by atoms with Crippen molar-refractivity contribution in [2.24, 2.45) is 0 Å². The van der Waals surface area contributed by atoms with Crippen LogP contribution in [-0.4, -0.2) is 54.8 Å². The van der Waals surface area contributed by atoms with E-state index in [1.807, 2.05) is 0 Å². The smallest absolute Gasteiger partial charge is 0.225 e. The van der Waals surface area contributed by atoms with Gasteiger partial charge >= 0.3 is 0 Å². The SMILES string of the molecule is O=CN1CCN(CCC(=O)Nc2ccc(F)cc2)CC1.